The van der Waals surface area contributed by atoms with E-state index in [0.717, 1.165) is 24.1 Å². The Kier molecular flexibility index (Phi) is 12.0. The summed E-state index contributed by atoms with van der Waals surface area (Å²) >= 11 is 0.932. The maximum absolute atomic E-state index is 14.1. The third-order valence-electron chi connectivity index (χ3n) is 9.21. The van der Waals surface area contributed by atoms with Gasteiger partial charge in [-0.2, -0.15) is 22.6 Å². The number of alkyl halides is 5. The van der Waals surface area contributed by atoms with Crippen LogP contribution in [0.3, 0.4) is 0 Å². The van der Waals surface area contributed by atoms with Crippen molar-refractivity contribution in [1.82, 2.24) is 29.2 Å². The van der Waals surface area contributed by atoms with Gasteiger partial charge in [-0.3, -0.25) is 14.4 Å². The van der Waals surface area contributed by atoms with Crippen LogP contribution in [0, 0.1) is 0 Å². The van der Waals surface area contributed by atoms with Crippen LogP contribution in [0.25, 0.3) is 11.3 Å². The molecule has 1 aromatic carbocycles. The molecule has 0 bridgehead atoms. The van der Waals surface area contributed by atoms with Gasteiger partial charge in [0.15, 0.2) is 0 Å². The van der Waals surface area contributed by atoms with E-state index in [1.54, 1.807) is 9.58 Å². The van der Waals surface area contributed by atoms with Crippen LogP contribution in [-0.4, -0.2) is 131 Å². The molecule has 18 heteroatoms. The molecular formula is C31H43F5N6O5S2. The Labute approximate surface area is 286 Å². The molecule has 49 heavy (non-hydrogen) atoms. The maximum Gasteiger partial charge on any atom is 0.417 e. The summed E-state index contributed by atoms with van der Waals surface area (Å²) in [6, 6.07) is 3.59. The van der Waals surface area contributed by atoms with Gasteiger partial charge in [-0.05, 0) is 37.9 Å². The lowest BCUT2D eigenvalue weighted by Gasteiger charge is -2.33. The van der Waals surface area contributed by atoms with E-state index in [1.165, 1.54) is 16.4 Å². The van der Waals surface area contributed by atoms with Crippen LogP contribution in [0.2, 0.25) is 0 Å². The standard InChI is InChI=1S/C31H43F5N6O5S2/c1-49(46,47)41-12-7-26-24(18-41)29(38-42(26)17-23(44)16-39-10-5-22(6-11-39)37-28(45)19-43)21-3-4-25(31(34,35)36)27(15-21)48-14-13-40-9-2-8-30(32,33)20-40/h3-4,15,22-23,43-44H,2,5-14,16-20H2,1H3,(H,37,45)/t23-/m0/s1. The van der Waals surface area contributed by atoms with E-state index in [9.17, 15) is 40.3 Å². The fourth-order valence-corrected chi connectivity index (χ4v) is 8.67. The molecule has 2 fully saturated rings. The molecular weight excluding hydrogens is 696 g/mol. The first-order valence-electron chi connectivity index (χ1n) is 16.3. The molecule has 5 rings (SSSR count). The van der Waals surface area contributed by atoms with Crippen molar-refractivity contribution < 1.29 is 45.4 Å². The second kappa shape index (κ2) is 15.5. The average Bonchev–Trinajstić information content (AvgIpc) is 3.38. The van der Waals surface area contributed by atoms with Crippen LogP contribution in [-0.2, 0) is 40.5 Å². The van der Waals surface area contributed by atoms with Crippen molar-refractivity contribution in [3.05, 3.63) is 35.0 Å². The summed E-state index contributed by atoms with van der Waals surface area (Å²) in [5.41, 5.74) is 1.07. The Hall–Kier alpha value is -2.35. The number of aliphatic hydroxyl groups excluding tert-OH is 2. The first-order chi connectivity index (χ1) is 23.0. The van der Waals surface area contributed by atoms with Crippen LogP contribution in [0.4, 0.5) is 22.0 Å². The summed E-state index contributed by atoms with van der Waals surface area (Å²) < 4.78 is 97.9. The van der Waals surface area contributed by atoms with Gasteiger partial charge in [0.2, 0.25) is 15.9 Å². The maximum atomic E-state index is 14.1. The monoisotopic (exact) mass is 738 g/mol. The Balaban J connectivity index is 1.36. The highest BCUT2D eigenvalue weighted by molar-refractivity contribution is 7.99. The molecule has 274 valence electrons. The van der Waals surface area contributed by atoms with Crippen LogP contribution >= 0.6 is 11.8 Å². The second-order valence-corrected chi connectivity index (χ2v) is 16.2. The Morgan fingerprint density at radius 1 is 1.14 bits per heavy atom. The number of amides is 1. The number of fused-ring (bicyclic) bond motifs is 1. The van der Waals surface area contributed by atoms with Crippen molar-refractivity contribution in [1.29, 1.82) is 0 Å². The molecule has 1 amide bonds. The number of nitrogens with one attached hydrogen (secondary N) is 1. The summed E-state index contributed by atoms with van der Waals surface area (Å²) in [6.45, 7) is 1.42. The van der Waals surface area contributed by atoms with E-state index in [-0.39, 0.29) is 49.3 Å². The Morgan fingerprint density at radius 2 is 1.88 bits per heavy atom. The van der Waals surface area contributed by atoms with Crippen molar-refractivity contribution in [3.8, 4) is 11.3 Å². The SMILES string of the molecule is CS(=O)(=O)N1CCc2c(c(-c3ccc(C(F)(F)F)c(SCCN4CCCC(F)(F)C4)c3)nn2C[C@@H](O)CN2CCC(NC(=O)CO)CC2)C1. The highest BCUT2D eigenvalue weighted by Gasteiger charge is 2.37. The number of piperidine rings is 2. The fraction of sp³-hybridized carbons (Fsp3) is 0.677. The minimum atomic E-state index is -4.66. The summed E-state index contributed by atoms with van der Waals surface area (Å²) in [5, 5.41) is 27.6. The summed E-state index contributed by atoms with van der Waals surface area (Å²) in [7, 11) is -3.59. The van der Waals surface area contributed by atoms with E-state index >= 15 is 0 Å². The lowest BCUT2D eigenvalue weighted by Crippen LogP contribution is -2.47. The number of carbonyl (C=O) groups excluding carboxylic acids is 1. The van der Waals surface area contributed by atoms with Gasteiger partial charge < -0.3 is 20.4 Å². The first-order valence-corrected chi connectivity index (χ1v) is 19.1. The summed E-state index contributed by atoms with van der Waals surface area (Å²) in [6.07, 6.45) is -2.72. The molecule has 0 unspecified atom stereocenters. The van der Waals surface area contributed by atoms with Crippen molar-refractivity contribution in [2.45, 2.75) is 74.3 Å². The number of benzene rings is 1. The predicted octanol–water partition coefficient (Wildman–Crippen LogP) is 2.64. The van der Waals surface area contributed by atoms with Gasteiger partial charge in [-0.25, -0.2) is 17.2 Å². The molecule has 2 aromatic rings. The number of hydrogen-bond acceptors (Lipinski definition) is 9. The number of hydrogen-bond donors (Lipinski definition) is 3. The van der Waals surface area contributed by atoms with E-state index in [1.807, 2.05) is 0 Å². The lowest BCUT2D eigenvalue weighted by atomic mass is 10.0. The van der Waals surface area contributed by atoms with Crippen LogP contribution in [0.15, 0.2) is 23.1 Å². The topological polar surface area (TPSA) is 131 Å². The molecule has 3 aliphatic rings. The van der Waals surface area contributed by atoms with Gasteiger partial charge in [-0.15, -0.1) is 11.8 Å². The van der Waals surface area contributed by atoms with Crippen molar-refractivity contribution in [3.63, 3.8) is 0 Å². The predicted molar refractivity (Wildman–Crippen MR) is 174 cm³/mol. The Bertz CT molecular complexity index is 1580. The van der Waals surface area contributed by atoms with Crippen LogP contribution < -0.4 is 5.32 Å². The zero-order chi connectivity index (χ0) is 35.6. The number of sulfonamides is 1. The number of aliphatic hydroxyl groups is 2. The van der Waals surface area contributed by atoms with E-state index in [0.29, 0.717) is 74.4 Å². The number of thioether (sulfide) groups is 1. The van der Waals surface area contributed by atoms with Crippen molar-refractivity contribution >= 4 is 27.7 Å². The third-order valence-corrected chi connectivity index (χ3v) is 11.5. The van der Waals surface area contributed by atoms with E-state index in [2.05, 4.69) is 10.2 Å². The number of likely N-dealkylation sites (tertiary alicyclic amines) is 2. The number of halogens is 5. The summed E-state index contributed by atoms with van der Waals surface area (Å²) in [5.74, 6) is -3.09. The largest absolute Gasteiger partial charge is 0.417 e. The van der Waals surface area contributed by atoms with Gasteiger partial charge >= 0.3 is 6.18 Å². The van der Waals surface area contributed by atoms with Crippen molar-refractivity contribution in [2.75, 3.05) is 64.4 Å². The molecule has 0 aliphatic carbocycles. The molecule has 0 saturated carbocycles. The van der Waals surface area contributed by atoms with E-state index in [4.69, 9.17) is 10.2 Å². The molecule has 3 aliphatic heterocycles. The number of carbonyl (C=O) groups is 1. The first kappa shape index (κ1) is 37.9. The van der Waals surface area contributed by atoms with Gasteiger partial charge in [0.05, 0.1) is 36.7 Å². The van der Waals surface area contributed by atoms with Gasteiger partial charge in [-0.1, -0.05) is 6.07 Å². The molecule has 1 atom stereocenters. The fourth-order valence-electron chi connectivity index (χ4n) is 6.77. The Morgan fingerprint density at radius 3 is 2.53 bits per heavy atom. The number of rotatable bonds is 12. The van der Waals surface area contributed by atoms with Gasteiger partial charge in [0.25, 0.3) is 5.92 Å². The van der Waals surface area contributed by atoms with Gasteiger partial charge in [0.1, 0.15) is 6.61 Å². The quantitative estimate of drug-likeness (QED) is 0.222. The number of aromatic nitrogens is 2. The molecule has 1 aromatic heterocycles. The number of nitrogens with zero attached hydrogens (tertiary/aromatic N) is 5. The minimum absolute atomic E-state index is 0.0284. The average molecular weight is 739 g/mol. The van der Waals surface area contributed by atoms with Crippen LogP contribution in [0.5, 0.6) is 0 Å². The normalized spacial score (nSPS) is 20.7. The lowest BCUT2D eigenvalue weighted by molar-refractivity contribution is -0.139. The summed E-state index contributed by atoms with van der Waals surface area (Å²) in [4.78, 5) is 15.0. The molecule has 2 saturated heterocycles. The highest BCUT2D eigenvalue weighted by Crippen LogP contribution is 2.40. The molecule has 3 N–H and O–H groups in total. The van der Waals surface area contributed by atoms with E-state index < -0.39 is 52.8 Å². The number of β-amino-alcohol motifs (C(OH)–C–C–N with tert-alkyl or cyclic N) is 1. The second-order valence-electron chi connectivity index (χ2n) is 13.0. The zero-order valence-electron chi connectivity index (χ0n) is 27.3. The molecule has 0 radical (unpaired) electrons. The smallest absolute Gasteiger partial charge is 0.390 e. The molecule has 0 spiro atoms. The molecule has 11 nitrogen and oxygen atoms in total. The minimum Gasteiger partial charge on any atom is -0.390 e. The molecule has 4 heterocycles. The van der Waals surface area contributed by atoms with Crippen molar-refractivity contribution in [2.24, 2.45) is 0 Å². The zero-order valence-corrected chi connectivity index (χ0v) is 28.9. The van der Waals surface area contributed by atoms with Crippen LogP contribution in [0.1, 0.15) is 42.5 Å². The third kappa shape index (κ3) is 9.92. The van der Waals surface area contributed by atoms with Gasteiger partial charge in [0, 0.05) is 85.6 Å². The highest BCUT2D eigenvalue weighted by atomic mass is 32.2.